The molecule has 1 aromatic rings. The molecule has 3 rings (SSSR count). The monoisotopic (exact) mass is 303 g/mol. The van der Waals surface area contributed by atoms with E-state index in [9.17, 15) is 4.79 Å². The second kappa shape index (κ2) is 7.25. The van der Waals surface area contributed by atoms with Crippen LogP contribution in [0.1, 0.15) is 30.4 Å². The third-order valence-electron chi connectivity index (χ3n) is 4.63. The number of amides is 1. The number of piperidine rings is 1. The first-order valence-electron chi connectivity index (χ1n) is 8.29. The molecule has 0 aliphatic carbocycles. The number of benzene rings is 1. The van der Waals surface area contributed by atoms with Gasteiger partial charge in [-0.1, -0.05) is 29.8 Å². The van der Waals surface area contributed by atoms with Gasteiger partial charge in [0.15, 0.2) is 6.29 Å². The summed E-state index contributed by atoms with van der Waals surface area (Å²) in [6.45, 7) is 5.17. The number of rotatable bonds is 4. The Morgan fingerprint density at radius 1 is 1.23 bits per heavy atom. The Morgan fingerprint density at radius 2 is 1.95 bits per heavy atom. The van der Waals surface area contributed by atoms with Gasteiger partial charge in [-0.3, -0.25) is 4.79 Å². The number of hydrogen-bond acceptors (Lipinski definition) is 3. The van der Waals surface area contributed by atoms with E-state index in [0.717, 1.165) is 32.4 Å². The number of aryl methyl sites for hydroxylation is 2. The zero-order valence-electron chi connectivity index (χ0n) is 13.3. The molecule has 0 bridgehead atoms. The highest BCUT2D eigenvalue weighted by Gasteiger charge is 2.31. The van der Waals surface area contributed by atoms with Crippen molar-refractivity contribution in [3.05, 3.63) is 35.4 Å². The van der Waals surface area contributed by atoms with E-state index in [2.05, 4.69) is 31.2 Å². The average Bonchev–Trinajstić information content (AvgIpc) is 3.07. The first-order chi connectivity index (χ1) is 10.7. The smallest absolute Gasteiger partial charge is 0.222 e. The van der Waals surface area contributed by atoms with Crippen molar-refractivity contribution in [1.29, 1.82) is 0 Å². The van der Waals surface area contributed by atoms with Crippen LogP contribution in [0.25, 0.3) is 0 Å². The summed E-state index contributed by atoms with van der Waals surface area (Å²) in [6, 6.07) is 8.40. The highest BCUT2D eigenvalue weighted by molar-refractivity contribution is 5.76. The normalized spacial score (nSPS) is 20.5. The lowest BCUT2D eigenvalue weighted by atomic mass is 9.95. The van der Waals surface area contributed by atoms with E-state index >= 15 is 0 Å². The first-order valence-corrected chi connectivity index (χ1v) is 8.29. The van der Waals surface area contributed by atoms with E-state index in [0.29, 0.717) is 25.6 Å². The summed E-state index contributed by atoms with van der Waals surface area (Å²) in [4.78, 5) is 14.3. The minimum Gasteiger partial charge on any atom is -0.350 e. The molecule has 0 aromatic heterocycles. The van der Waals surface area contributed by atoms with E-state index in [-0.39, 0.29) is 12.2 Å². The fourth-order valence-electron chi connectivity index (χ4n) is 3.35. The molecule has 120 valence electrons. The molecule has 0 saturated carbocycles. The molecule has 2 heterocycles. The van der Waals surface area contributed by atoms with Crippen LogP contribution in [0.2, 0.25) is 0 Å². The fourth-order valence-corrected chi connectivity index (χ4v) is 3.35. The lowest BCUT2D eigenvalue weighted by Gasteiger charge is -2.34. The Morgan fingerprint density at radius 3 is 2.64 bits per heavy atom. The predicted molar refractivity (Wildman–Crippen MR) is 84.5 cm³/mol. The molecule has 2 aliphatic heterocycles. The Balaban J connectivity index is 1.43. The van der Waals surface area contributed by atoms with Gasteiger partial charge < -0.3 is 14.4 Å². The number of carbonyl (C=O) groups excluding carboxylic acids is 1. The maximum atomic E-state index is 12.3. The van der Waals surface area contributed by atoms with Gasteiger partial charge in [-0.2, -0.15) is 0 Å². The van der Waals surface area contributed by atoms with Crippen molar-refractivity contribution in [2.24, 2.45) is 5.92 Å². The quantitative estimate of drug-likeness (QED) is 0.858. The summed E-state index contributed by atoms with van der Waals surface area (Å²) in [6.07, 6.45) is 3.37. The van der Waals surface area contributed by atoms with Gasteiger partial charge in [-0.15, -0.1) is 0 Å². The number of likely N-dealkylation sites (tertiary alicyclic amines) is 1. The van der Waals surface area contributed by atoms with Crippen LogP contribution in [0.3, 0.4) is 0 Å². The topological polar surface area (TPSA) is 38.8 Å². The molecule has 1 aromatic carbocycles. The van der Waals surface area contributed by atoms with E-state index in [4.69, 9.17) is 9.47 Å². The standard InChI is InChI=1S/C18H25NO3/c1-14-3-2-4-15(13-14)5-6-17(20)19-9-7-16(8-10-19)18-21-11-12-22-18/h2-4,13,16,18H,5-12H2,1H3. The SMILES string of the molecule is Cc1cccc(CCC(=O)N2CCC(C3OCCO3)CC2)c1. The Hall–Kier alpha value is -1.39. The minimum atomic E-state index is -0.0375. The van der Waals surface area contributed by atoms with Crippen LogP contribution in [0, 0.1) is 12.8 Å². The van der Waals surface area contributed by atoms with Crippen LogP contribution in [-0.2, 0) is 20.7 Å². The van der Waals surface area contributed by atoms with Gasteiger partial charge in [0, 0.05) is 25.4 Å². The number of hydrogen-bond donors (Lipinski definition) is 0. The van der Waals surface area contributed by atoms with Crippen LogP contribution in [0.5, 0.6) is 0 Å². The molecule has 2 fully saturated rings. The highest BCUT2D eigenvalue weighted by atomic mass is 16.7. The van der Waals surface area contributed by atoms with Crippen LogP contribution >= 0.6 is 0 Å². The van der Waals surface area contributed by atoms with Crippen molar-refractivity contribution in [2.45, 2.75) is 38.9 Å². The number of carbonyl (C=O) groups is 1. The summed E-state index contributed by atoms with van der Waals surface area (Å²) in [7, 11) is 0. The van der Waals surface area contributed by atoms with Gasteiger partial charge in [0.1, 0.15) is 0 Å². The van der Waals surface area contributed by atoms with Crippen molar-refractivity contribution in [3.8, 4) is 0 Å². The molecular weight excluding hydrogens is 278 g/mol. The van der Waals surface area contributed by atoms with E-state index in [1.807, 2.05) is 4.90 Å². The molecule has 0 N–H and O–H groups in total. The maximum Gasteiger partial charge on any atom is 0.222 e. The zero-order valence-corrected chi connectivity index (χ0v) is 13.3. The minimum absolute atomic E-state index is 0.0375. The second-order valence-corrected chi connectivity index (χ2v) is 6.32. The Kier molecular flexibility index (Phi) is 5.11. The van der Waals surface area contributed by atoms with Crippen molar-refractivity contribution in [1.82, 2.24) is 4.90 Å². The van der Waals surface area contributed by atoms with Crippen molar-refractivity contribution in [2.75, 3.05) is 26.3 Å². The van der Waals surface area contributed by atoms with Crippen molar-refractivity contribution in [3.63, 3.8) is 0 Å². The third kappa shape index (κ3) is 3.87. The predicted octanol–water partition coefficient (Wildman–Crippen LogP) is 2.54. The van der Waals surface area contributed by atoms with Gasteiger partial charge >= 0.3 is 0 Å². The summed E-state index contributed by atoms with van der Waals surface area (Å²) in [5, 5.41) is 0. The molecule has 0 radical (unpaired) electrons. The highest BCUT2D eigenvalue weighted by Crippen LogP contribution is 2.26. The molecular formula is C18H25NO3. The molecule has 0 unspecified atom stereocenters. The summed E-state index contributed by atoms with van der Waals surface area (Å²) >= 11 is 0. The van der Waals surface area contributed by atoms with Gasteiger partial charge in [0.2, 0.25) is 5.91 Å². The summed E-state index contributed by atoms with van der Waals surface area (Å²) in [5.74, 6) is 0.719. The Bertz CT molecular complexity index is 503. The van der Waals surface area contributed by atoms with E-state index in [1.54, 1.807) is 0 Å². The number of ether oxygens (including phenoxy) is 2. The molecule has 4 heteroatoms. The van der Waals surface area contributed by atoms with Crippen LogP contribution in [0.15, 0.2) is 24.3 Å². The largest absolute Gasteiger partial charge is 0.350 e. The summed E-state index contributed by atoms with van der Waals surface area (Å²) in [5.41, 5.74) is 2.50. The average molecular weight is 303 g/mol. The Labute approximate surface area is 132 Å². The van der Waals surface area contributed by atoms with Crippen LogP contribution < -0.4 is 0 Å². The first kappa shape index (κ1) is 15.5. The zero-order chi connectivity index (χ0) is 15.4. The number of nitrogens with zero attached hydrogens (tertiary/aromatic N) is 1. The second-order valence-electron chi connectivity index (χ2n) is 6.32. The van der Waals surface area contributed by atoms with Crippen molar-refractivity contribution >= 4 is 5.91 Å². The van der Waals surface area contributed by atoms with Gasteiger partial charge in [0.05, 0.1) is 13.2 Å². The van der Waals surface area contributed by atoms with Crippen LogP contribution in [0.4, 0.5) is 0 Å². The maximum absolute atomic E-state index is 12.3. The lowest BCUT2D eigenvalue weighted by molar-refractivity contribution is -0.136. The van der Waals surface area contributed by atoms with Gasteiger partial charge in [-0.05, 0) is 31.7 Å². The van der Waals surface area contributed by atoms with Crippen molar-refractivity contribution < 1.29 is 14.3 Å². The molecule has 2 aliphatic rings. The molecule has 4 nitrogen and oxygen atoms in total. The molecule has 0 spiro atoms. The van der Waals surface area contributed by atoms with E-state index in [1.165, 1.54) is 11.1 Å². The molecule has 1 amide bonds. The van der Waals surface area contributed by atoms with Gasteiger partial charge in [0.25, 0.3) is 0 Å². The lowest BCUT2D eigenvalue weighted by Crippen LogP contribution is -2.41. The third-order valence-corrected chi connectivity index (χ3v) is 4.63. The van der Waals surface area contributed by atoms with Crippen LogP contribution in [-0.4, -0.2) is 43.4 Å². The van der Waals surface area contributed by atoms with Gasteiger partial charge in [-0.25, -0.2) is 0 Å². The molecule has 0 atom stereocenters. The molecule has 2 saturated heterocycles. The molecule has 22 heavy (non-hydrogen) atoms. The summed E-state index contributed by atoms with van der Waals surface area (Å²) < 4.78 is 11.2. The fraction of sp³-hybridized carbons (Fsp3) is 0.611. The van der Waals surface area contributed by atoms with E-state index < -0.39 is 0 Å².